The van der Waals surface area contributed by atoms with Gasteiger partial charge < -0.3 is 15.5 Å². The van der Waals surface area contributed by atoms with Crippen LogP contribution in [-0.2, 0) is 11.2 Å². The van der Waals surface area contributed by atoms with Crippen LogP contribution in [0.1, 0.15) is 51.4 Å². The molecule has 8 nitrogen and oxygen atoms in total. The van der Waals surface area contributed by atoms with Crippen LogP contribution in [0.3, 0.4) is 0 Å². The number of benzene rings is 2. The molecule has 0 saturated carbocycles. The fraction of sp³-hybridized carbons (Fsp3) is 0.280. The zero-order valence-corrected chi connectivity index (χ0v) is 18.5. The Morgan fingerprint density at radius 3 is 2.30 bits per heavy atom. The summed E-state index contributed by atoms with van der Waals surface area (Å²) in [6.45, 7) is 3.08. The Labute approximate surface area is 191 Å². The molecule has 2 aromatic carbocycles. The molecular weight excluding hydrogens is 418 g/mol. The molecule has 168 valence electrons. The van der Waals surface area contributed by atoms with Crippen LogP contribution < -0.4 is 15.5 Å². The number of hydrogen-bond acceptors (Lipinski definition) is 4. The molecule has 2 N–H and O–H groups in total. The van der Waals surface area contributed by atoms with Gasteiger partial charge in [-0.25, -0.2) is 4.68 Å². The van der Waals surface area contributed by atoms with E-state index in [-0.39, 0.29) is 17.5 Å². The van der Waals surface area contributed by atoms with Crippen molar-refractivity contribution in [1.82, 2.24) is 9.78 Å². The maximum Gasteiger partial charge on any atom is 0.277 e. The van der Waals surface area contributed by atoms with Gasteiger partial charge in [0.2, 0.25) is 5.91 Å². The summed E-state index contributed by atoms with van der Waals surface area (Å²) in [5.74, 6) is -0.747. The lowest BCUT2D eigenvalue weighted by Gasteiger charge is -2.29. The zero-order chi connectivity index (χ0) is 23.1. The van der Waals surface area contributed by atoms with Crippen LogP contribution in [0.25, 0.3) is 5.69 Å². The minimum Gasteiger partial charge on any atom is -0.364 e. The highest BCUT2D eigenvalue weighted by atomic mass is 16.2. The third-order valence-electron chi connectivity index (χ3n) is 6.29. The maximum atomic E-state index is 13.6. The average Bonchev–Trinajstić information content (AvgIpc) is 3.21. The van der Waals surface area contributed by atoms with Crippen molar-refractivity contribution in [2.45, 2.75) is 32.6 Å². The van der Waals surface area contributed by atoms with Crippen LogP contribution >= 0.6 is 0 Å². The Balaban J connectivity index is 1.51. The average molecular weight is 444 g/mol. The fourth-order valence-electron chi connectivity index (χ4n) is 4.64. The molecule has 0 unspecified atom stereocenters. The van der Waals surface area contributed by atoms with Crippen LogP contribution in [0.15, 0.2) is 48.5 Å². The van der Waals surface area contributed by atoms with E-state index in [2.05, 4.69) is 5.10 Å². The highest BCUT2D eigenvalue weighted by Crippen LogP contribution is 2.30. The van der Waals surface area contributed by atoms with E-state index in [4.69, 9.17) is 5.73 Å². The predicted octanol–water partition coefficient (Wildman–Crippen LogP) is 3.00. The van der Waals surface area contributed by atoms with Gasteiger partial charge in [0, 0.05) is 36.4 Å². The molecule has 1 saturated heterocycles. The molecule has 2 aliphatic heterocycles. The molecule has 33 heavy (non-hydrogen) atoms. The number of carbonyl (C=O) groups is 3. The third kappa shape index (κ3) is 3.67. The first kappa shape index (κ1) is 20.9. The molecule has 0 atom stereocenters. The molecule has 1 fully saturated rings. The molecule has 8 heteroatoms. The van der Waals surface area contributed by atoms with Crippen molar-refractivity contribution < 1.29 is 14.4 Å². The molecule has 2 aliphatic rings. The second-order valence-electron chi connectivity index (χ2n) is 8.52. The first-order valence-electron chi connectivity index (χ1n) is 11.1. The minimum absolute atomic E-state index is 0.133. The summed E-state index contributed by atoms with van der Waals surface area (Å²) in [6, 6.07) is 15.1. The van der Waals surface area contributed by atoms with E-state index in [1.54, 1.807) is 9.80 Å². The summed E-state index contributed by atoms with van der Waals surface area (Å²) < 4.78 is 1.53. The number of nitrogens with two attached hydrogens (primary N) is 1. The molecule has 1 aromatic heterocycles. The molecule has 0 spiro atoms. The summed E-state index contributed by atoms with van der Waals surface area (Å²) in [6.07, 6.45) is 2.96. The maximum absolute atomic E-state index is 13.6. The first-order valence-corrected chi connectivity index (χ1v) is 11.1. The van der Waals surface area contributed by atoms with Crippen molar-refractivity contribution in [3.05, 3.63) is 71.0 Å². The van der Waals surface area contributed by atoms with Crippen LogP contribution in [0.4, 0.5) is 11.4 Å². The summed E-state index contributed by atoms with van der Waals surface area (Å²) >= 11 is 0. The smallest absolute Gasteiger partial charge is 0.277 e. The number of carbonyl (C=O) groups excluding carboxylic acids is 3. The summed E-state index contributed by atoms with van der Waals surface area (Å²) in [5, 5.41) is 4.42. The van der Waals surface area contributed by atoms with E-state index in [0.29, 0.717) is 36.3 Å². The van der Waals surface area contributed by atoms with Crippen molar-refractivity contribution in [2.75, 3.05) is 22.9 Å². The lowest BCUT2D eigenvalue weighted by molar-refractivity contribution is -0.119. The number of primary amides is 1. The minimum atomic E-state index is -0.644. The lowest BCUT2D eigenvalue weighted by Crippen LogP contribution is -2.39. The van der Waals surface area contributed by atoms with E-state index in [1.165, 1.54) is 4.68 Å². The summed E-state index contributed by atoms with van der Waals surface area (Å²) in [7, 11) is 0. The zero-order valence-electron chi connectivity index (χ0n) is 18.5. The van der Waals surface area contributed by atoms with E-state index >= 15 is 0 Å². The first-order chi connectivity index (χ1) is 15.9. The number of hydrogen-bond donors (Lipinski definition) is 1. The van der Waals surface area contributed by atoms with Crippen LogP contribution in [0, 0.1) is 6.92 Å². The molecular formula is C25H25N5O3. The Morgan fingerprint density at radius 2 is 1.64 bits per heavy atom. The number of aromatic nitrogens is 2. The third-order valence-corrected chi connectivity index (χ3v) is 6.29. The van der Waals surface area contributed by atoms with Gasteiger partial charge >= 0.3 is 0 Å². The van der Waals surface area contributed by atoms with E-state index in [9.17, 15) is 14.4 Å². The van der Waals surface area contributed by atoms with E-state index < -0.39 is 5.91 Å². The normalized spacial score (nSPS) is 16.2. The quantitative estimate of drug-likeness (QED) is 0.670. The standard InChI is InChI=1S/C25H25N5O3/c1-16-5-4-6-19(15-16)30-23-20(22(27-30)24(26)32)12-14-29(25(23)33)18-10-8-17(9-11-18)28-13-3-2-7-21(28)31/h4-6,8-11,15H,2-3,7,12-14H2,1H3,(H2,26,32). The van der Waals surface area contributed by atoms with Crippen molar-refractivity contribution in [1.29, 1.82) is 0 Å². The van der Waals surface area contributed by atoms with Crippen LogP contribution in [0.5, 0.6) is 0 Å². The number of fused-ring (bicyclic) bond motifs is 1. The fourth-order valence-corrected chi connectivity index (χ4v) is 4.64. The Bertz CT molecular complexity index is 1260. The Morgan fingerprint density at radius 1 is 0.909 bits per heavy atom. The number of aryl methyl sites for hydroxylation is 1. The second kappa shape index (κ2) is 8.20. The van der Waals surface area contributed by atoms with Gasteiger partial charge in [-0.2, -0.15) is 5.10 Å². The second-order valence-corrected chi connectivity index (χ2v) is 8.52. The largest absolute Gasteiger partial charge is 0.364 e. The van der Waals surface area contributed by atoms with Gasteiger partial charge in [0.25, 0.3) is 11.8 Å². The molecule has 0 aliphatic carbocycles. The topological polar surface area (TPSA) is 102 Å². The van der Waals surface area contributed by atoms with Gasteiger partial charge in [-0.1, -0.05) is 12.1 Å². The molecule has 3 amide bonds. The van der Waals surface area contributed by atoms with Crippen LogP contribution in [0.2, 0.25) is 0 Å². The van der Waals surface area contributed by atoms with Crippen molar-refractivity contribution >= 4 is 29.1 Å². The molecule has 0 radical (unpaired) electrons. The Kier molecular flexibility index (Phi) is 5.20. The van der Waals surface area contributed by atoms with Gasteiger partial charge in [-0.15, -0.1) is 0 Å². The lowest BCUT2D eigenvalue weighted by atomic mass is 10.0. The molecule has 5 rings (SSSR count). The molecule has 3 heterocycles. The van der Waals surface area contributed by atoms with E-state index in [0.717, 1.165) is 36.3 Å². The van der Waals surface area contributed by atoms with Crippen molar-refractivity contribution in [2.24, 2.45) is 5.73 Å². The van der Waals surface area contributed by atoms with Gasteiger partial charge in [0.1, 0.15) is 5.69 Å². The van der Waals surface area contributed by atoms with Gasteiger partial charge in [-0.05, 0) is 68.1 Å². The Hall–Kier alpha value is -3.94. The summed E-state index contributed by atoms with van der Waals surface area (Å²) in [5.41, 5.74) is 9.95. The highest BCUT2D eigenvalue weighted by Gasteiger charge is 2.34. The molecule has 0 bridgehead atoms. The number of piperidine rings is 1. The monoisotopic (exact) mass is 443 g/mol. The predicted molar refractivity (Wildman–Crippen MR) is 125 cm³/mol. The van der Waals surface area contributed by atoms with Crippen LogP contribution in [-0.4, -0.2) is 40.6 Å². The summed E-state index contributed by atoms with van der Waals surface area (Å²) in [4.78, 5) is 41.4. The van der Waals surface area contributed by atoms with Gasteiger partial charge in [0.05, 0.1) is 5.69 Å². The number of rotatable bonds is 4. The van der Waals surface area contributed by atoms with Crippen molar-refractivity contribution in [3.63, 3.8) is 0 Å². The SMILES string of the molecule is Cc1cccc(-n2nc(C(N)=O)c3c2C(=O)N(c2ccc(N4CCCCC4=O)cc2)CC3)c1. The number of nitrogens with zero attached hydrogens (tertiary/aromatic N) is 4. The van der Waals surface area contributed by atoms with E-state index in [1.807, 2.05) is 55.5 Å². The van der Waals surface area contributed by atoms with Gasteiger partial charge in [-0.3, -0.25) is 14.4 Å². The number of amides is 3. The molecule has 3 aromatic rings. The number of anilines is 2. The van der Waals surface area contributed by atoms with Gasteiger partial charge in [0.15, 0.2) is 5.69 Å². The highest BCUT2D eigenvalue weighted by molar-refractivity contribution is 6.09. The van der Waals surface area contributed by atoms with Crippen molar-refractivity contribution in [3.8, 4) is 5.69 Å².